The smallest absolute Gasteiger partial charge is 0.173 e. The quantitative estimate of drug-likeness (QED) is 0.253. The Labute approximate surface area is 84.1 Å². The summed E-state index contributed by atoms with van der Waals surface area (Å²) in [7, 11) is 0. The number of aliphatic imine (C=N–C) groups is 1. The molecule has 1 rings (SSSR count). The minimum atomic E-state index is 0.954. The van der Waals surface area contributed by atoms with Crippen LogP contribution in [0.5, 0.6) is 0 Å². The molecule has 1 aliphatic heterocycles. The van der Waals surface area contributed by atoms with Crippen molar-refractivity contribution in [2.24, 2.45) is 4.99 Å². The van der Waals surface area contributed by atoms with E-state index in [1.807, 2.05) is 6.26 Å². The van der Waals surface area contributed by atoms with Crippen LogP contribution < -0.4 is 0 Å². The zero-order chi connectivity index (χ0) is 9.68. The fourth-order valence-electron chi connectivity index (χ4n) is 1.31. The molecule has 13 heavy (non-hydrogen) atoms. The molecule has 2 nitrogen and oxygen atoms in total. The van der Waals surface area contributed by atoms with E-state index < -0.39 is 0 Å². The summed E-state index contributed by atoms with van der Waals surface area (Å²) >= 11 is 1.61. The molecular weight excluding hydrogens is 180 g/mol. The fraction of sp³-hybridized carbons (Fsp3) is 0.500. The molecule has 0 bridgehead atoms. The van der Waals surface area contributed by atoms with Gasteiger partial charge in [0.1, 0.15) is 0 Å². The molecule has 0 amide bonds. The molecule has 0 aromatic carbocycles. The summed E-state index contributed by atoms with van der Waals surface area (Å²) in [6.45, 7) is 5.97. The van der Waals surface area contributed by atoms with Crippen LogP contribution in [0.3, 0.4) is 0 Å². The molecule has 0 aromatic rings. The molecule has 0 aliphatic carbocycles. The van der Waals surface area contributed by atoms with Crippen molar-refractivity contribution in [3.63, 3.8) is 0 Å². The highest BCUT2D eigenvalue weighted by Crippen LogP contribution is 2.17. The number of amidine groups is 1. The Balaban J connectivity index is 2.57. The molecule has 0 radical (unpaired) electrons. The third-order valence-corrected chi connectivity index (χ3v) is 2.80. The van der Waals surface area contributed by atoms with Gasteiger partial charge in [0.15, 0.2) is 5.17 Å². The van der Waals surface area contributed by atoms with E-state index in [1.54, 1.807) is 11.8 Å². The van der Waals surface area contributed by atoms with Crippen molar-refractivity contribution in [2.45, 2.75) is 12.8 Å². The van der Waals surface area contributed by atoms with Crippen LogP contribution in [0.1, 0.15) is 12.8 Å². The lowest BCUT2D eigenvalue weighted by Crippen LogP contribution is -2.34. The second-order valence-electron chi connectivity index (χ2n) is 2.96. The van der Waals surface area contributed by atoms with Gasteiger partial charge in [-0.15, -0.1) is 0 Å². The van der Waals surface area contributed by atoms with Gasteiger partial charge >= 0.3 is 0 Å². The Morgan fingerprint density at radius 2 is 2.23 bits per heavy atom. The van der Waals surface area contributed by atoms with Gasteiger partial charge in [0, 0.05) is 19.1 Å². The lowest BCUT2D eigenvalue weighted by atomic mass is 10.1. The molecule has 1 fully saturated rings. The lowest BCUT2D eigenvalue weighted by Gasteiger charge is -2.29. The molecule has 0 atom stereocenters. The highest BCUT2D eigenvalue weighted by atomic mass is 32.2. The van der Waals surface area contributed by atoms with Gasteiger partial charge in [-0.3, -0.25) is 0 Å². The first-order valence-corrected chi connectivity index (χ1v) is 5.49. The van der Waals surface area contributed by atoms with Crippen molar-refractivity contribution in [3.8, 4) is 12.5 Å². The van der Waals surface area contributed by atoms with Crippen LogP contribution in [0.15, 0.2) is 17.1 Å². The summed E-state index contributed by atoms with van der Waals surface area (Å²) in [6.07, 6.45) is 9.26. The van der Waals surface area contributed by atoms with Gasteiger partial charge in [0.25, 0.3) is 0 Å². The van der Waals surface area contributed by atoms with Crippen LogP contribution in [0.2, 0.25) is 0 Å². The van der Waals surface area contributed by atoms with E-state index in [0.717, 1.165) is 31.1 Å². The summed E-state index contributed by atoms with van der Waals surface area (Å²) in [5, 5.41) is 0.954. The Kier molecular flexibility index (Phi) is 3.91. The van der Waals surface area contributed by atoms with Crippen LogP contribution >= 0.6 is 11.8 Å². The maximum atomic E-state index is 5.14. The zero-order valence-electron chi connectivity index (χ0n) is 7.92. The van der Waals surface area contributed by atoms with Gasteiger partial charge < -0.3 is 4.90 Å². The predicted molar refractivity (Wildman–Crippen MR) is 59.7 cm³/mol. The molecule has 0 spiro atoms. The minimum Gasteiger partial charge on any atom is -0.350 e. The minimum absolute atomic E-state index is 0.954. The molecule has 3 heteroatoms. The van der Waals surface area contributed by atoms with Gasteiger partial charge in [-0.05, 0) is 19.1 Å². The molecule has 1 saturated heterocycles. The van der Waals surface area contributed by atoms with Gasteiger partial charge in [-0.1, -0.05) is 30.3 Å². The van der Waals surface area contributed by atoms with Crippen molar-refractivity contribution in [1.82, 2.24) is 4.90 Å². The van der Waals surface area contributed by atoms with Gasteiger partial charge in [0.05, 0.1) is 0 Å². The molecule has 0 N–H and O–H groups in total. The molecule has 1 aliphatic rings. The first kappa shape index (κ1) is 10.2. The summed E-state index contributed by atoms with van der Waals surface area (Å²) < 4.78 is 0. The van der Waals surface area contributed by atoms with Crippen molar-refractivity contribution in [1.29, 1.82) is 0 Å². The van der Waals surface area contributed by atoms with Crippen molar-refractivity contribution < 1.29 is 0 Å². The number of rotatable bonds is 0. The second kappa shape index (κ2) is 4.98. The van der Waals surface area contributed by atoms with E-state index in [1.165, 1.54) is 5.57 Å². The molecular formula is C10H14N2S. The van der Waals surface area contributed by atoms with E-state index in [2.05, 4.69) is 22.5 Å². The van der Waals surface area contributed by atoms with E-state index in [0.29, 0.717) is 0 Å². The lowest BCUT2D eigenvalue weighted by molar-refractivity contribution is 0.396. The maximum absolute atomic E-state index is 5.14. The average molecular weight is 194 g/mol. The number of hydrogen-bond acceptors (Lipinski definition) is 2. The Morgan fingerprint density at radius 3 is 2.69 bits per heavy atom. The first-order chi connectivity index (χ1) is 6.27. The summed E-state index contributed by atoms with van der Waals surface area (Å²) in [5.41, 5.74) is 1.33. The normalized spacial score (nSPS) is 18.6. The molecule has 0 saturated carbocycles. The topological polar surface area (TPSA) is 15.6 Å². The SMILES string of the molecule is C#C/N=C(/SC)N1CCC(=C)CC1. The average Bonchev–Trinajstić information content (AvgIpc) is 2.16. The van der Waals surface area contributed by atoms with Crippen molar-refractivity contribution in [2.75, 3.05) is 19.3 Å². The number of hydrogen-bond donors (Lipinski definition) is 0. The standard InChI is InChI=1S/C10H14N2S/c1-4-11-10(13-3)12-7-5-9(2)6-8-12/h1H,2,5-8H2,3H3/b11-10+. The van der Waals surface area contributed by atoms with Crippen LogP contribution in [0.4, 0.5) is 0 Å². The zero-order valence-corrected chi connectivity index (χ0v) is 8.73. The molecule has 0 aromatic heterocycles. The van der Waals surface area contributed by atoms with Crippen molar-refractivity contribution >= 4 is 16.9 Å². The van der Waals surface area contributed by atoms with E-state index >= 15 is 0 Å². The van der Waals surface area contributed by atoms with Crippen LogP contribution in [-0.4, -0.2) is 29.4 Å². The van der Waals surface area contributed by atoms with Gasteiger partial charge in [-0.2, -0.15) is 4.99 Å². The number of likely N-dealkylation sites (tertiary alicyclic amines) is 1. The second-order valence-corrected chi connectivity index (χ2v) is 3.74. The van der Waals surface area contributed by atoms with Crippen LogP contribution in [-0.2, 0) is 0 Å². The summed E-state index contributed by atoms with van der Waals surface area (Å²) in [6, 6.07) is 2.33. The number of terminal acetylenes is 1. The largest absolute Gasteiger partial charge is 0.350 e. The van der Waals surface area contributed by atoms with E-state index in [9.17, 15) is 0 Å². The Morgan fingerprint density at radius 1 is 1.62 bits per heavy atom. The fourth-order valence-corrected chi connectivity index (χ4v) is 1.90. The molecule has 0 unspecified atom stereocenters. The maximum Gasteiger partial charge on any atom is 0.173 e. The van der Waals surface area contributed by atoms with Crippen LogP contribution in [0.25, 0.3) is 0 Å². The first-order valence-electron chi connectivity index (χ1n) is 4.26. The summed E-state index contributed by atoms with van der Waals surface area (Å²) in [5.74, 6) is 0. The summed E-state index contributed by atoms with van der Waals surface area (Å²) in [4.78, 5) is 6.22. The van der Waals surface area contributed by atoms with Gasteiger partial charge in [0.2, 0.25) is 0 Å². The number of piperidine rings is 1. The molecule has 1 heterocycles. The third kappa shape index (κ3) is 2.82. The number of nitrogens with zero attached hydrogens (tertiary/aromatic N) is 2. The third-order valence-electron chi connectivity index (χ3n) is 2.08. The Bertz CT molecular complexity index is 253. The van der Waals surface area contributed by atoms with E-state index in [-0.39, 0.29) is 0 Å². The van der Waals surface area contributed by atoms with Gasteiger partial charge in [-0.25, -0.2) is 0 Å². The van der Waals surface area contributed by atoms with Crippen molar-refractivity contribution in [3.05, 3.63) is 12.2 Å². The Hall–Kier alpha value is -0.880. The van der Waals surface area contributed by atoms with E-state index in [4.69, 9.17) is 6.42 Å². The molecule has 70 valence electrons. The highest BCUT2D eigenvalue weighted by molar-refractivity contribution is 8.13. The highest BCUT2D eigenvalue weighted by Gasteiger charge is 2.15. The number of thioether (sulfide) groups is 1. The van der Waals surface area contributed by atoms with Crippen LogP contribution in [0, 0.1) is 12.5 Å². The monoisotopic (exact) mass is 194 g/mol. The predicted octanol–water partition coefficient (Wildman–Crippen LogP) is 1.95.